The van der Waals surface area contributed by atoms with Gasteiger partial charge in [-0.2, -0.15) is 13.2 Å². The van der Waals surface area contributed by atoms with Gasteiger partial charge >= 0.3 is 6.18 Å². The predicted molar refractivity (Wildman–Crippen MR) is 88.8 cm³/mol. The molecule has 26 heavy (non-hydrogen) atoms. The zero-order valence-corrected chi connectivity index (χ0v) is 13.6. The number of halogens is 3. The number of carbonyl (C=O) groups is 1. The molecular weight excluding hydrogens is 345 g/mol. The zero-order valence-electron chi connectivity index (χ0n) is 13.6. The van der Waals surface area contributed by atoms with E-state index in [-0.39, 0.29) is 12.5 Å². The average molecular weight is 360 g/mol. The van der Waals surface area contributed by atoms with E-state index in [1.54, 1.807) is 34.9 Å². The van der Waals surface area contributed by atoms with Gasteiger partial charge in [-0.15, -0.1) is 10.2 Å². The van der Waals surface area contributed by atoms with Crippen LogP contribution in [0.4, 0.5) is 13.2 Å². The van der Waals surface area contributed by atoms with E-state index in [0.717, 1.165) is 12.1 Å². The van der Waals surface area contributed by atoms with E-state index in [1.807, 2.05) is 0 Å². The minimum absolute atomic E-state index is 0.219. The molecule has 0 atom stereocenters. The van der Waals surface area contributed by atoms with Gasteiger partial charge in [0, 0.05) is 6.54 Å². The monoisotopic (exact) mass is 360 g/mol. The van der Waals surface area contributed by atoms with Gasteiger partial charge in [0.25, 0.3) is 5.91 Å². The molecule has 134 valence electrons. The molecule has 3 rings (SSSR count). The Bertz CT molecular complexity index is 891. The Balaban J connectivity index is 1.66. The van der Waals surface area contributed by atoms with Crippen molar-refractivity contribution in [3.63, 3.8) is 0 Å². The molecule has 2 aromatic carbocycles. The van der Waals surface area contributed by atoms with Crippen LogP contribution in [0, 0.1) is 0 Å². The predicted octanol–water partition coefficient (Wildman–Crippen LogP) is 3.26. The molecule has 0 saturated heterocycles. The van der Waals surface area contributed by atoms with Gasteiger partial charge in [0.05, 0.1) is 16.8 Å². The second-order valence-corrected chi connectivity index (χ2v) is 5.59. The van der Waals surface area contributed by atoms with Crippen molar-refractivity contribution >= 4 is 5.91 Å². The first kappa shape index (κ1) is 17.7. The van der Waals surface area contributed by atoms with Crippen LogP contribution in [-0.4, -0.2) is 27.2 Å². The normalized spacial score (nSPS) is 11.3. The first-order valence-corrected chi connectivity index (χ1v) is 7.83. The first-order chi connectivity index (χ1) is 12.4. The lowest BCUT2D eigenvalue weighted by Gasteiger charge is -2.11. The van der Waals surface area contributed by atoms with Crippen LogP contribution in [-0.2, 0) is 12.6 Å². The van der Waals surface area contributed by atoms with E-state index >= 15 is 0 Å². The van der Waals surface area contributed by atoms with Crippen LogP contribution < -0.4 is 5.32 Å². The third-order valence-electron chi connectivity index (χ3n) is 3.80. The number of rotatable bonds is 5. The SMILES string of the molecule is O=C(NCCc1cccc(C(F)(F)F)c1)c1ccccc1-n1cnnc1. The fourth-order valence-corrected chi connectivity index (χ4v) is 2.53. The summed E-state index contributed by atoms with van der Waals surface area (Å²) in [4.78, 5) is 12.4. The molecule has 0 aliphatic carbocycles. The maximum atomic E-state index is 12.7. The first-order valence-electron chi connectivity index (χ1n) is 7.83. The number of aromatic nitrogens is 3. The van der Waals surface area contributed by atoms with Gasteiger partial charge in [0.2, 0.25) is 0 Å². The molecule has 8 heteroatoms. The number of benzene rings is 2. The fraction of sp³-hybridized carbons (Fsp3) is 0.167. The molecule has 0 radical (unpaired) electrons. The average Bonchev–Trinajstić information content (AvgIpc) is 3.16. The smallest absolute Gasteiger partial charge is 0.352 e. The second kappa shape index (κ2) is 7.38. The van der Waals surface area contributed by atoms with Crippen LogP contribution in [0.2, 0.25) is 0 Å². The van der Waals surface area contributed by atoms with Crippen molar-refractivity contribution in [3.05, 3.63) is 77.9 Å². The van der Waals surface area contributed by atoms with Gasteiger partial charge in [0.1, 0.15) is 12.7 Å². The van der Waals surface area contributed by atoms with Crippen molar-refractivity contribution < 1.29 is 18.0 Å². The third-order valence-corrected chi connectivity index (χ3v) is 3.80. The van der Waals surface area contributed by atoms with Gasteiger partial charge in [0.15, 0.2) is 0 Å². The van der Waals surface area contributed by atoms with Crippen LogP contribution in [0.15, 0.2) is 61.2 Å². The minimum atomic E-state index is -4.38. The number of para-hydroxylation sites is 1. The number of hydrogen-bond donors (Lipinski definition) is 1. The van der Waals surface area contributed by atoms with Crippen LogP contribution in [0.3, 0.4) is 0 Å². The Morgan fingerprint density at radius 3 is 2.50 bits per heavy atom. The highest BCUT2D eigenvalue weighted by Crippen LogP contribution is 2.29. The molecule has 1 aromatic heterocycles. The number of hydrogen-bond acceptors (Lipinski definition) is 3. The van der Waals surface area contributed by atoms with Gasteiger partial charge < -0.3 is 5.32 Å². The Labute approximate surface area is 147 Å². The van der Waals surface area contributed by atoms with E-state index in [0.29, 0.717) is 23.2 Å². The van der Waals surface area contributed by atoms with Crippen LogP contribution in [0.1, 0.15) is 21.5 Å². The Hall–Kier alpha value is -3.16. The number of nitrogens with one attached hydrogen (secondary N) is 1. The molecule has 0 fully saturated rings. The van der Waals surface area contributed by atoms with Crippen molar-refractivity contribution in [1.82, 2.24) is 20.1 Å². The lowest BCUT2D eigenvalue weighted by Crippen LogP contribution is -2.26. The van der Waals surface area contributed by atoms with Crippen LogP contribution in [0.25, 0.3) is 5.69 Å². The molecule has 0 aliphatic rings. The van der Waals surface area contributed by atoms with Crippen LogP contribution in [0.5, 0.6) is 0 Å². The lowest BCUT2D eigenvalue weighted by molar-refractivity contribution is -0.137. The summed E-state index contributed by atoms with van der Waals surface area (Å²) in [6.45, 7) is 0.219. The fourth-order valence-electron chi connectivity index (χ4n) is 2.53. The summed E-state index contributed by atoms with van der Waals surface area (Å²) in [5, 5.41) is 10.2. The highest BCUT2D eigenvalue weighted by molar-refractivity contribution is 5.97. The highest BCUT2D eigenvalue weighted by Gasteiger charge is 2.30. The largest absolute Gasteiger partial charge is 0.416 e. The van der Waals surface area contributed by atoms with Gasteiger partial charge in [-0.3, -0.25) is 9.36 Å². The molecule has 0 aliphatic heterocycles. The minimum Gasteiger partial charge on any atom is -0.352 e. The van der Waals surface area contributed by atoms with Crippen molar-refractivity contribution in [2.24, 2.45) is 0 Å². The number of carbonyl (C=O) groups excluding carboxylic acids is 1. The molecule has 0 unspecified atom stereocenters. The van der Waals surface area contributed by atoms with E-state index in [4.69, 9.17) is 0 Å². The number of nitrogens with zero attached hydrogens (tertiary/aromatic N) is 3. The highest BCUT2D eigenvalue weighted by atomic mass is 19.4. The molecule has 1 amide bonds. The van der Waals surface area contributed by atoms with Gasteiger partial charge in [-0.25, -0.2) is 0 Å². The maximum Gasteiger partial charge on any atom is 0.416 e. The topological polar surface area (TPSA) is 59.8 Å². The molecule has 0 saturated carbocycles. The third kappa shape index (κ3) is 4.08. The number of alkyl halides is 3. The van der Waals surface area contributed by atoms with Crippen LogP contribution >= 0.6 is 0 Å². The second-order valence-electron chi connectivity index (χ2n) is 5.59. The van der Waals surface area contributed by atoms with Crippen molar-refractivity contribution in [2.75, 3.05) is 6.54 Å². The van der Waals surface area contributed by atoms with Crippen molar-refractivity contribution in [3.8, 4) is 5.69 Å². The summed E-state index contributed by atoms with van der Waals surface area (Å²) in [6, 6.07) is 12.0. The number of amides is 1. The summed E-state index contributed by atoms with van der Waals surface area (Å²) in [6.07, 6.45) is -1.12. The quantitative estimate of drug-likeness (QED) is 0.760. The Kier molecular flexibility index (Phi) is 5.01. The summed E-state index contributed by atoms with van der Waals surface area (Å²) in [5.41, 5.74) is 0.858. The Morgan fingerprint density at radius 1 is 1.04 bits per heavy atom. The zero-order chi connectivity index (χ0) is 18.6. The van der Waals surface area contributed by atoms with E-state index in [9.17, 15) is 18.0 Å². The summed E-state index contributed by atoms with van der Waals surface area (Å²) < 4.78 is 39.8. The van der Waals surface area contributed by atoms with Gasteiger partial charge in [-0.1, -0.05) is 30.3 Å². The van der Waals surface area contributed by atoms with E-state index < -0.39 is 11.7 Å². The molecule has 1 heterocycles. The summed E-state index contributed by atoms with van der Waals surface area (Å²) in [5.74, 6) is -0.318. The van der Waals surface area contributed by atoms with Crippen molar-refractivity contribution in [1.29, 1.82) is 0 Å². The molecular formula is C18H15F3N4O. The maximum absolute atomic E-state index is 12.7. The molecule has 0 bridgehead atoms. The summed E-state index contributed by atoms with van der Waals surface area (Å²) in [7, 11) is 0. The molecule has 3 aromatic rings. The lowest BCUT2D eigenvalue weighted by atomic mass is 10.1. The summed E-state index contributed by atoms with van der Waals surface area (Å²) >= 11 is 0. The molecule has 5 nitrogen and oxygen atoms in total. The van der Waals surface area contributed by atoms with Crippen molar-refractivity contribution in [2.45, 2.75) is 12.6 Å². The Morgan fingerprint density at radius 2 is 1.77 bits per heavy atom. The molecule has 0 spiro atoms. The standard InChI is InChI=1S/C18H15F3N4O/c19-18(20,21)14-5-3-4-13(10-14)8-9-22-17(26)15-6-1-2-7-16(15)25-11-23-24-12-25/h1-7,10-12H,8-9H2,(H,22,26). The van der Waals surface area contributed by atoms with E-state index in [2.05, 4.69) is 15.5 Å². The van der Waals surface area contributed by atoms with E-state index in [1.165, 1.54) is 18.7 Å². The van der Waals surface area contributed by atoms with Gasteiger partial charge in [-0.05, 0) is 30.2 Å². The molecule has 1 N–H and O–H groups in total.